The van der Waals surface area contributed by atoms with Crippen LogP contribution in [0.1, 0.15) is 32.6 Å². The number of hydrogen-bond acceptors (Lipinski definition) is 2. The molecule has 0 spiro atoms. The van der Waals surface area contributed by atoms with Crippen LogP contribution in [0.25, 0.3) is 0 Å². The van der Waals surface area contributed by atoms with Crippen LogP contribution in [-0.2, 0) is 0 Å². The number of hydrogen-bond donors (Lipinski definition) is 0. The van der Waals surface area contributed by atoms with Gasteiger partial charge in [0.2, 0.25) is 0 Å². The standard InChI is InChI=1S/C15H18ClNS/c1-2-11-6-7-12(10-17)15(8-11)18-14-5-3-4-13(16)9-14/h3-5,9,11-12,15H,2,6-8H2,1H3. The van der Waals surface area contributed by atoms with Crippen LogP contribution in [-0.4, -0.2) is 5.25 Å². The quantitative estimate of drug-likeness (QED) is 0.764. The molecule has 1 fully saturated rings. The highest BCUT2D eigenvalue weighted by Gasteiger charge is 2.30. The van der Waals surface area contributed by atoms with Crippen LogP contribution in [0, 0.1) is 23.2 Å². The maximum Gasteiger partial charge on any atom is 0.0667 e. The fourth-order valence-electron chi connectivity index (χ4n) is 2.58. The van der Waals surface area contributed by atoms with Gasteiger partial charge in [-0.1, -0.05) is 31.0 Å². The molecule has 3 unspecified atom stereocenters. The van der Waals surface area contributed by atoms with E-state index >= 15 is 0 Å². The van der Waals surface area contributed by atoms with Gasteiger partial charge < -0.3 is 0 Å². The third-order valence-electron chi connectivity index (χ3n) is 3.73. The summed E-state index contributed by atoms with van der Waals surface area (Å²) in [6.45, 7) is 2.25. The van der Waals surface area contributed by atoms with Crippen molar-refractivity contribution in [3.8, 4) is 6.07 Å². The molecular weight excluding hydrogens is 262 g/mol. The predicted molar refractivity (Wildman–Crippen MR) is 77.8 cm³/mol. The molecule has 0 amide bonds. The van der Waals surface area contributed by atoms with Crippen molar-refractivity contribution in [1.82, 2.24) is 0 Å². The second kappa shape index (κ2) is 6.50. The Balaban J connectivity index is 2.07. The van der Waals surface area contributed by atoms with E-state index in [9.17, 15) is 5.26 Å². The zero-order chi connectivity index (χ0) is 13.0. The summed E-state index contributed by atoms with van der Waals surface area (Å²) in [5, 5.41) is 10.5. The summed E-state index contributed by atoms with van der Waals surface area (Å²) >= 11 is 7.83. The van der Waals surface area contributed by atoms with Gasteiger partial charge in [-0.25, -0.2) is 0 Å². The van der Waals surface area contributed by atoms with E-state index in [1.807, 2.05) is 30.0 Å². The van der Waals surface area contributed by atoms with Gasteiger partial charge in [0.1, 0.15) is 0 Å². The first-order valence-electron chi connectivity index (χ1n) is 6.54. The summed E-state index contributed by atoms with van der Waals surface area (Å²) in [7, 11) is 0. The number of nitriles is 1. The Kier molecular flexibility index (Phi) is 4.97. The van der Waals surface area contributed by atoms with Gasteiger partial charge in [0.25, 0.3) is 0 Å². The molecule has 1 nitrogen and oxygen atoms in total. The van der Waals surface area contributed by atoms with Gasteiger partial charge in [-0.3, -0.25) is 0 Å². The van der Waals surface area contributed by atoms with Crippen LogP contribution in [0.15, 0.2) is 29.2 Å². The third kappa shape index (κ3) is 3.43. The fourth-order valence-corrected chi connectivity index (χ4v) is 4.26. The molecule has 3 heteroatoms. The lowest BCUT2D eigenvalue weighted by atomic mass is 9.81. The fraction of sp³-hybridized carbons (Fsp3) is 0.533. The minimum atomic E-state index is 0.191. The lowest BCUT2D eigenvalue weighted by molar-refractivity contribution is 0.317. The second-order valence-corrected chi connectivity index (χ2v) is 6.69. The molecule has 18 heavy (non-hydrogen) atoms. The topological polar surface area (TPSA) is 23.8 Å². The molecule has 2 rings (SSSR count). The molecule has 96 valence electrons. The summed E-state index contributed by atoms with van der Waals surface area (Å²) in [4.78, 5) is 1.18. The van der Waals surface area contributed by atoms with Crippen LogP contribution in [0.4, 0.5) is 0 Å². The summed E-state index contributed by atoms with van der Waals surface area (Å²) in [6.07, 6.45) is 4.64. The van der Waals surface area contributed by atoms with Crippen molar-refractivity contribution in [1.29, 1.82) is 5.26 Å². The normalized spacial score (nSPS) is 27.7. The van der Waals surface area contributed by atoms with E-state index < -0.39 is 0 Å². The monoisotopic (exact) mass is 279 g/mol. The van der Waals surface area contributed by atoms with Gasteiger partial charge in [-0.15, -0.1) is 11.8 Å². The van der Waals surface area contributed by atoms with Crippen LogP contribution in [0.2, 0.25) is 5.02 Å². The molecule has 1 aliphatic rings. The Morgan fingerprint density at radius 1 is 1.44 bits per heavy atom. The van der Waals surface area contributed by atoms with E-state index in [0.717, 1.165) is 23.8 Å². The largest absolute Gasteiger partial charge is 0.198 e. The van der Waals surface area contributed by atoms with Crippen molar-refractivity contribution in [3.05, 3.63) is 29.3 Å². The minimum Gasteiger partial charge on any atom is -0.198 e. The summed E-state index contributed by atoms with van der Waals surface area (Å²) in [6, 6.07) is 10.4. The molecular formula is C15H18ClNS. The van der Waals surface area contributed by atoms with E-state index in [4.69, 9.17) is 11.6 Å². The molecule has 3 atom stereocenters. The molecule has 1 aliphatic carbocycles. The van der Waals surface area contributed by atoms with Crippen molar-refractivity contribution in [2.24, 2.45) is 11.8 Å². The number of nitrogens with zero attached hydrogens (tertiary/aromatic N) is 1. The molecule has 1 aromatic rings. The Hall–Kier alpha value is -0.650. The molecule has 1 saturated carbocycles. The third-order valence-corrected chi connectivity index (χ3v) is 5.31. The molecule has 0 saturated heterocycles. The van der Waals surface area contributed by atoms with Crippen molar-refractivity contribution in [3.63, 3.8) is 0 Å². The lowest BCUT2D eigenvalue weighted by Crippen LogP contribution is -2.25. The maximum atomic E-state index is 9.26. The van der Waals surface area contributed by atoms with Gasteiger partial charge in [0.05, 0.1) is 12.0 Å². The van der Waals surface area contributed by atoms with Gasteiger partial charge >= 0.3 is 0 Å². The van der Waals surface area contributed by atoms with E-state index in [-0.39, 0.29) is 5.92 Å². The molecule has 0 aliphatic heterocycles. The Bertz CT molecular complexity index is 440. The van der Waals surface area contributed by atoms with Gasteiger partial charge in [0, 0.05) is 15.2 Å². The van der Waals surface area contributed by atoms with Crippen LogP contribution < -0.4 is 0 Å². The average molecular weight is 280 g/mol. The highest BCUT2D eigenvalue weighted by Crippen LogP contribution is 2.40. The first kappa shape index (κ1) is 13.8. The number of benzene rings is 1. The van der Waals surface area contributed by atoms with Crippen molar-refractivity contribution in [2.45, 2.75) is 42.8 Å². The first-order chi connectivity index (χ1) is 8.72. The van der Waals surface area contributed by atoms with Gasteiger partial charge in [-0.2, -0.15) is 5.26 Å². The van der Waals surface area contributed by atoms with E-state index in [1.54, 1.807) is 0 Å². The maximum absolute atomic E-state index is 9.26. The zero-order valence-corrected chi connectivity index (χ0v) is 12.2. The highest BCUT2D eigenvalue weighted by molar-refractivity contribution is 8.00. The van der Waals surface area contributed by atoms with E-state index in [0.29, 0.717) is 5.25 Å². The van der Waals surface area contributed by atoms with Gasteiger partial charge in [0.15, 0.2) is 0 Å². The van der Waals surface area contributed by atoms with Gasteiger partial charge in [-0.05, 0) is 43.4 Å². The van der Waals surface area contributed by atoms with Crippen molar-refractivity contribution in [2.75, 3.05) is 0 Å². The summed E-state index contributed by atoms with van der Waals surface area (Å²) < 4.78 is 0. The predicted octanol–water partition coefficient (Wildman–Crippen LogP) is 5.15. The summed E-state index contributed by atoms with van der Waals surface area (Å²) in [5.74, 6) is 0.975. The van der Waals surface area contributed by atoms with Crippen LogP contribution in [0.5, 0.6) is 0 Å². The minimum absolute atomic E-state index is 0.191. The van der Waals surface area contributed by atoms with Crippen LogP contribution in [0.3, 0.4) is 0 Å². The molecule has 0 N–H and O–H groups in total. The SMILES string of the molecule is CCC1CCC(C#N)C(Sc2cccc(Cl)c2)C1. The van der Waals surface area contributed by atoms with Crippen molar-refractivity contribution >= 4 is 23.4 Å². The van der Waals surface area contributed by atoms with Crippen LogP contribution >= 0.6 is 23.4 Å². The van der Waals surface area contributed by atoms with E-state index in [2.05, 4.69) is 19.1 Å². The molecule has 0 aromatic heterocycles. The molecule has 0 bridgehead atoms. The highest BCUT2D eigenvalue weighted by atomic mass is 35.5. The Labute approximate surface area is 119 Å². The lowest BCUT2D eigenvalue weighted by Gasteiger charge is -2.31. The second-order valence-electron chi connectivity index (χ2n) is 4.94. The molecule has 0 radical (unpaired) electrons. The first-order valence-corrected chi connectivity index (χ1v) is 7.80. The number of halogens is 1. The summed E-state index contributed by atoms with van der Waals surface area (Å²) in [5.41, 5.74) is 0. The van der Waals surface area contributed by atoms with Crippen molar-refractivity contribution < 1.29 is 0 Å². The zero-order valence-electron chi connectivity index (χ0n) is 10.6. The van der Waals surface area contributed by atoms with E-state index in [1.165, 1.54) is 17.7 Å². The number of thioether (sulfide) groups is 1. The number of rotatable bonds is 3. The average Bonchev–Trinajstić information content (AvgIpc) is 2.38. The smallest absolute Gasteiger partial charge is 0.0667 e. The molecule has 0 heterocycles. The Morgan fingerprint density at radius 3 is 2.94 bits per heavy atom. The molecule has 1 aromatic carbocycles. The Morgan fingerprint density at radius 2 is 2.28 bits per heavy atom.